The van der Waals surface area contributed by atoms with Gasteiger partial charge < -0.3 is 4.90 Å². The van der Waals surface area contributed by atoms with Crippen LogP contribution in [0.25, 0.3) is 11.4 Å². The Morgan fingerprint density at radius 2 is 1.58 bits per heavy atom. The predicted molar refractivity (Wildman–Crippen MR) is 146 cm³/mol. The van der Waals surface area contributed by atoms with Gasteiger partial charge in [0, 0.05) is 18.7 Å². The van der Waals surface area contributed by atoms with Crippen LogP contribution in [0.4, 0.5) is 0 Å². The number of benzene rings is 3. The van der Waals surface area contributed by atoms with Gasteiger partial charge in [-0.2, -0.15) is 0 Å². The Bertz CT molecular complexity index is 1340. The lowest BCUT2D eigenvalue weighted by Crippen LogP contribution is -2.37. The second-order valence-electron chi connectivity index (χ2n) is 10.3. The number of carbonyl (C=O) groups is 1. The molecule has 6 heteroatoms. The quantitative estimate of drug-likeness (QED) is 0.309. The molecule has 0 saturated carbocycles. The highest BCUT2D eigenvalue weighted by atomic mass is 32.2. The van der Waals surface area contributed by atoms with Crippen molar-refractivity contribution in [3.63, 3.8) is 0 Å². The van der Waals surface area contributed by atoms with Gasteiger partial charge in [0.15, 0.2) is 11.0 Å². The zero-order chi connectivity index (χ0) is 25.1. The molecule has 0 atom stereocenters. The van der Waals surface area contributed by atoms with Crippen molar-refractivity contribution >= 4 is 17.7 Å². The minimum atomic E-state index is 0.0899. The van der Waals surface area contributed by atoms with Crippen LogP contribution in [0.5, 0.6) is 0 Å². The summed E-state index contributed by atoms with van der Waals surface area (Å²) < 4.78 is 2.13. The van der Waals surface area contributed by atoms with Crippen LogP contribution in [-0.2, 0) is 29.7 Å². The van der Waals surface area contributed by atoms with Gasteiger partial charge >= 0.3 is 0 Å². The molecule has 2 heterocycles. The number of carbonyl (C=O) groups excluding carboxylic acids is 1. The fraction of sp³-hybridized carbons (Fsp3) is 0.300. The van der Waals surface area contributed by atoms with E-state index in [1.54, 1.807) is 0 Å². The highest BCUT2D eigenvalue weighted by Crippen LogP contribution is 2.29. The molecule has 36 heavy (non-hydrogen) atoms. The van der Waals surface area contributed by atoms with E-state index in [9.17, 15) is 4.79 Å². The summed E-state index contributed by atoms with van der Waals surface area (Å²) >= 11 is 1.47. The summed E-state index contributed by atoms with van der Waals surface area (Å²) in [6.45, 7) is 8.74. The normalized spacial score (nSPS) is 13.5. The van der Waals surface area contributed by atoms with Crippen molar-refractivity contribution < 1.29 is 4.79 Å². The Balaban J connectivity index is 1.36. The van der Waals surface area contributed by atoms with E-state index in [1.165, 1.54) is 34.0 Å². The molecule has 0 bridgehead atoms. The number of nitrogens with zero attached hydrogens (tertiary/aromatic N) is 4. The molecule has 0 fully saturated rings. The number of amides is 1. The lowest BCUT2D eigenvalue weighted by molar-refractivity contribution is -0.129. The largest absolute Gasteiger partial charge is 0.337 e. The zero-order valence-corrected chi connectivity index (χ0v) is 22.0. The molecule has 0 spiro atoms. The first-order valence-electron chi connectivity index (χ1n) is 12.4. The van der Waals surface area contributed by atoms with Crippen molar-refractivity contribution in [3.05, 3.63) is 101 Å². The lowest BCUT2D eigenvalue weighted by Gasteiger charge is -2.28. The van der Waals surface area contributed by atoms with Crippen LogP contribution in [0.15, 0.2) is 84.0 Å². The third-order valence-electron chi connectivity index (χ3n) is 6.72. The predicted octanol–water partition coefficient (Wildman–Crippen LogP) is 5.97. The average molecular weight is 497 g/mol. The van der Waals surface area contributed by atoms with Crippen molar-refractivity contribution in [2.75, 3.05) is 12.3 Å². The first-order valence-corrected chi connectivity index (χ1v) is 13.4. The minimum Gasteiger partial charge on any atom is -0.337 e. The van der Waals surface area contributed by atoms with Gasteiger partial charge in [0.1, 0.15) is 0 Å². The first kappa shape index (κ1) is 24.3. The smallest absolute Gasteiger partial charge is 0.233 e. The van der Waals surface area contributed by atoms with Gasteiger partial charge in [-0.15, -0.1) is 10.2 Å². The fourth-order valence-corrected chi connectivity index (χ4v) is 5.40. The number of hydrogen-bond acceptors (Lipinski definition) is 4. The topological polar surface area (TPSA) is 51.0 Å². The number of fused-ring (bicyclic) bond motifs is 1. The molecule has 1 aliphatic rings. The Kier molecular flexibility index (Phi) is 6.97. The van der Waals surface area contributed by atoms with E-state index >= 15 is 0 Å². The van der Waals surface area contributed by atoms with E-state index in [-0.39, 0.29) is 11.3 Å². The molecule has 5 rings (SSSR count). The van der Waals surface area contributed by atoms with Gasteiger partial charge in [0.25, 0.3) is 0 Å². The molecule has 1 aromatic heterocycles. The van der Waals surface area contributed by atoms with E-state index in [1.807, 2.05) is 29.2 Å². The van der Waals surface area contributed by atoms with Crippen molar-refractivity contribution in [1.82, 2.24) is 19.7 Å². The van der Waals surface area contributed by atoms with Gasteiger partial charge in [-0.1, -0.05) is 111 Å². The lowest BCUT2D eigenvalue weighted by atomic mass is 9.87. The van der Waals surface area contributed by atoms with Crippen LogP contribution in [0.3, 0.4) is 0 Å². The van der Waals surface area contributed by atoms with Crippen LogP contribution in [-0.4, -0.2) is 37.9 Å². The van der Waals surface area contributed by atoms with E-state index in [0.29, 0.717) is 18.8 Å². The van der Waals surface area contributed by atoms with Crippen LogP contribution in [0.1, 0.15) is 43.0 Å². The Morgan fingerprint density at radius 1 is 0.889 bits per heavy atom. The minimum absolute atomic E-state index is 0.0899. The molecule has 0 aliphatic carbocycles. The van der Waals surface area contributed by atoms with Crippen LogP contribution < -0.4 is 0 Å². The maximum atomic E-state index is 13.1. The van der Waals surface area contributed by atoms with Crippen LogP contribution in [0.2, 0.25) is 0 Å². The standard InChI is InChI=1S/C30H32N4OS/c1-30(2,3)26-15-13-24(14-16-26)28-31-32-29(34(28)19-22-9-5-4-6-10-22)36-21-27(35)33-18-17-23-11-7-8-12-25(23)20-33/h4-16H,17-21H2,1-3H3. The van der Waals surface area contributed by atoms with Crippen LogP contribution >= 0.6 is 11.8 Å². The number of aromatic nitrogens is 3. The Morgan fingerprint density at radius 3 is 2.31 bits per heavy atom. The van der Waals surface area contributed by atoms with Crippen molar-refractivity contribution in [2.45, 2.75) is 50.9 Å². The zero-order valence-electron chi connectivity index (χ0n) is 21.1. The molecule has 1 amide bonds. The highest BCUT2D eigenvalue weighted by Gasteiger charge is 2.22. The summed E-state index contributed by atoms with van der Waals surface area (Å²) in [4.78, 5) is 15.1. The second-order valence-corrected chi connectivity index (χ2v) is 11.3. The molecule has 0 unspecified atom stereocenters. The van der Waals surface area contributed by atoms with E-state index < -0.39 is 0 Å². The van der Waals surface area contributed by atoms with Gasteiger partial charge in [0.2, 0.25) is 5.91 Å². The fourth-order valence-electron chi connectivity index (χ4n) is 4.56. The number of rotatable bonds is 6. The molecule has 5 nitrogen and oxygen atoms in total. The molecule has 1 aliphatic heterocycles. The molecule has 0 N–H and O–H groups in total. The third kappa shape index (κ3) is 5.39. The molecular formula is C30H32N4OS. The number of thioether (sulfide) groups is 1. The Hall–Kier alpha value is -3.38. The Labute approximate surface area is 217 Å². The summed E-state index contributed by atoms with van der Waals surface area (Å²) in [7, 11) is 0. The van der Waals surface area contributed by atoms with E-state index in [0.717, 1.165) is 29.5 Å². The summed E-state index contributed by atoms with van der Waals surface area (Å²) in [5, 5.41) is 9.84. The summed E-state index contributed by atoms with van der Waals surface area (Å²) in [5.74, 6) is 1.30. The number of hydrogen-bond donors (Lipinski definition) is 0. The maximum absolute atomic E-state index is 13.1. The molecule has 0 radical (unpaired) electrons. The van der Waals surface area contributed by atoms with E-state index in [2.05, 4.69) is 90.1 Å². The second kappa shape index (κ2) is 10.3. The molecule has 3 aromatic carbocycles. The third-order valence-corrected chi connectivity index (χ3v) is 7.67. The summed E-state index contributed by atoms with van der Waals surface area (Å²) in [6, 6.07) is 27.3. The average Bonchev–Trinajstić information content (AvgIpc) is 3.29. The molecule has 0 saturated heterocycles. The first-order chi connectivity index (χ1) is 17.4. The SMILES string of the molecule is CC(C)(C)c1ccc(-c2nnc(SCC(=O)N3CCc4ccccc4C3)n2Cc2ccccc2)cc1. The van der Waals surface area contributed by atoms with Gasteiger partial charge in [-0.25, -0.2) is 0 Å². The molecular weight excluding hydrogens is 464 g/mol. The van der Waals surface area contributed by atoms with Crippen LogP contribution in [0, 0.1) is 0 Å². The highest BCUT2D eigenvalue weighted by molar-refractivity contribution is 7.99. The monoisotopic (exact) mass is 496 g/mol. The summed E-state index contributed by atoms with van der Waals surface area (Å²) in [6.07, 6.45) is 0.908. The van der Waals surface area contributed by atoms with Crippen molar-refractivity contribution in [3.8, 4) is 11.4 Å². The van der Waals surface area contributed by atoms with Crippen molar-refractivity contribution in [1.29, 1.82) is 0 Å². The van der Waals surface area contributed by atoms with Gasteiger partial charge in [-0.05, 0) is 34.1 Å². The maximum Gasteiger partial charge on any atom is 0.233 e. The summed E-state index contributed by atoms with van der Waals surface area (Å²) in [5.41, 5.74) is 6.16. The van der Waals surface area contributed by atoms with E-state index in [4.69, 9.17) is 0 Å². The molecule has 4 aromatic rings. The van der Waals surface area contributed by atoms with Gasteiger partial charge in [-0.3, -0.25) is 9.36 Å². The van der Waals surface area contributed by atoms with Gasteiger partial charge in [0.05, 0.1) is 12.3 Å². The van der Waals surface area contributed by atoms with Crippen molar-refractivity contribution in [2.24, 2.45) is 0 Å². The molecule has 184 valence electrons.